The van der Waals surface area contributed by atoms with Gasteiger partial charge in [0.25, 0.3) is 0 Å². The third-order valence-electron chi connectivity index (χ3n) is 2.25. The molecule has 0 bridgehead atoms. The zero-order valence-electron chi connectivity index (χ0n) is 9.36. The van der Waals surface area contributed by atoms with Gasteiger partial charge in [-0.05, 0) is 42.0 Å². The molecule has 0 spiro atoms. The van der Waals surface area contributed by atoms with Crippen molar-refractivity contribution in [3.63, 3.8) is 0 Å². The van der Waals surface area contributed by atoms with Gasteiger partial charge in [-0.15, -0.1) is 6.42 Å². The van der Waals surface area contributed by atoms with Crippen molar-refractivity contribution in [1.29, 1.82) is 0 Å². The lowest BCUT2D eigenvalue weighted by molar-refractivity contribution is 0.441. The van der Waals surface area contributed by atoms with Crippen molar-refractivity contribution in [2.24, 2.45) is 0 Å². The molecule has 18 heavy (non-hydrogen) atoms. The van der Waals surface area contributed by atoms with E-state index in [9.17, 15) is 8.78 Å². The van der Waals surface area contributed by atoms with Crippen LogP contribution in [0, 0.1) is 30.4 Å². The number of hydrogen-bond donors (Lipinski definition) is 0. The van der Waals surface area contributed by atoms with E-state index >= 15 is 0 Å². The second-order valence-corrected chi connectivity index (χ2v) is 3.56. The molecule has 0 aliphatic rings. The van der Waals surface area contributed by atoms with E-state index in [1.165, 1.54) is 42.8 Å². The number of ether oxygens (including phenoxy) is 1. The van der Waals surface area contributed by atoms with E-state index in [-0.39, 0.29) is 11.6 Å². The lowest BCUT2D eigenvalue weighted by Gasteiger charge is -2.07. The highest BCUT2D eigenvalue weighted by Crippen LogP contribution is 2.26. The molecule has 0 amide bonds. The molecule has 0 saturated heterocycles. The first kappa shape index (κ1) is 12.1. The van der Waals surface area contributed by atoms with E-state index < -0.39 is 5.82 Å². The SMILES string of the molecule is C#C[CH]c1ccc(F)c(Oc2ccc(F)cc2)c1. The van der Waals surface area contributed by atoms with Crippen molar-refractivity contribution in [2.75, 3.05) is 0 Å². The molecule has 0 unspecified atom stereocenters. The Morgan fingerprint density at radius 2 is 1.78 bits per heavy atom. The number of rotatable bonds is 3. The molecule has 0 heterocycles. The van der Waals surface area contributed by atoms with Gasteiger partial charge in [-0.1, -0.05) is 12.0 Å². The van der Waals surface area contributed by atoms with Crippen LogP contribution >= 0.6 is 0 Å². The van der Waals surface area contributed by atoms with Crippen LogP contribution < -0.4 is 4.74 Å². The van der Waals surface area contributed by atoms with Gasteiger partial charge in [0.15, 0.2) is 11.6 Å². The van der Waals surface area contributed by atoms with Crippen LogP contribution in [0.1, 0.15) is 5.56 Å². The Morgan fingerprint density at radius 1 is 1.06 bits per heavy atom. The second kappa shape index (κ2) is 5.33. The summed E-state index contributed by atoms with van der Waals surface area (Å²) in [5.41, 5.74) is 0.663. The first-order valence-electron chi connectivity index (χ1n) is 5.21. The zero-order valence-corrected chi connectivity index (χ0v) is 9.36. The minimum atomic E-state index is -0.506. The molecule has 2 aromatic rings. The summed E-state index contributed by atoms with van der Waals surface area (Å²) in [6.07, 6.45) is 6.63. The molecule has 2 rings (SSSR count). The lowest BCUT2D eigenvalue weighted by Crippen LogP contribution is -1.90. The summed E-state index contributed by atoms with van der Waals surface area (Å²) in [7, 11) is 0. The molecular weight excluding hydrogens is 234 g/mol. The lowest BCUT2D eigenvalue weighted by atomic mass is 10.1. The van der Waals surface area contributed by atoms with Crippen LogP contribution in [0.15, 0.2) is 42.5 Å². The van der Waals surface area contributed by atoms with Crippen LogP contribution in [0.3, 0.4) is 0 Å². The van der Waals surface area contributed by atoms with Crippen molar-refractivity contribution < 1.29 is 13.5 Å². The molecule has 1 nitrogen and oxygen atoms in total. The average molecular weight is 243 g/mol. The molecule has 1 radical (unpaired) electrons. The molecule has 0 fully saturated rings. The van der Waals surface area contributed by atoms with Crippen LogP contribution in [0.4, 0.5) is 8.78 Å². The molecule has 89 valence electrons. The van der Waals surface area contributed by atoms with Gasteiger partial charge in [0, 0.05) is 0 Å². The predicted octanol–water partition coefficient (Wildman–Crippen LogP) is 3.94. The zero-order chi connectivity index (χ0) is 13.0. The van der Waals surface area contributed by atoms with Crippen LogP contribution in [0.2, 0.25) is 0 Å². The van der Waals surface area contributed by atoms with E-state index in [4.69, 9.17) is 11.2 Å². The molecular formula is C15H9F2O. The molecule has 0 N–H and O–H groups in total. The summed E-state index contributed by atoms with van der Waals surface area (Å²) in [5, 5.41) is 0. The molecule has 0 atom stereocenters. The summed E-state index contributed by atoms with van der Waals surface area (Å²) in [6.45, 7) is 0. The molecule has 3 heteroatoms. The Kier molecular flexibility index (Phi) is 3.59. The van der Waals surface area contributed by atoms with E-state index in [0.29, 0.717) is 11.3 Å². The van der Waals surface area contributed by atoms with Gasteiger partial charge in [-0.25, -0.2) is 8.78 Å². The van der Waals surface area contributed by atoms with Gasteiger partial charge in [-0.3, -0.25) is 0 Å². The van der Waals surface area contributed by atoms with Crippen molar-refractivity contribution in [3.05, 3.63) is 66.1 Å². The number of terminal acetylenes is 1. The Balaban J connectivity index is 2.25. The summed E-state index contributed by atoms with van der Waals surface area (Å²) >= 11 is 0. The predicted molar refractivity (Wildman–Crippen MR) is 65.1 cm³/mol. The fourth-order valence-corrected chi connectivity index (χ4v) is 1.41. The summed E-state index contributed by atoms with van der Waals surface area (Å²) in [6, 6.07) is 9.63. The van der Waals surface area contributed by atoms with E-state index in [2.05, 4.69) is 5.92 Å². The second-order valence-electron chi connectivity index (χ2n) is 3.56. The Bertz CT molecular complexity index is 582. The third kappa shape index (κ3) is 2.86. The quantitative estimate of drug-likeness (QED) is 0.742. The standard InChI is InChI=1S/C15H9F2O/c1-2-3-11-4-9-14(17)15(10-11)18-13-7-5-12(16)6-8-13/h1,3-10H. The van der Waals surface area contributed by atoms with Crippen LogP contribution in [0.5, 0.6) is 11.5 Å². The maximum atomic E-state index is 13.5. The summed E-state index contributed by atoms with van der Waals surface area (Å²) in [5.74, 6) is 1.87. The monoisotopic (exact) mass is 243 g/mol. The fraction of sp³-hybridized carbons (Fsp3) is 0. The van der Waals surface area contributed by atoms with Gasteiger partial charge < -0.3 is 4.74 Å². The largest absolute Gasteiger partial charge is 0.454 e. The van der Waals surface area contributed by atoms with Gasteiger partial charge in [-0.2, -0.15) is 0 Å². The third-order valence-corrected chi connectivity index (χ3v) is 2.25. The Hall–Kier alpha value is -2.34. The number of halogens is 2. The average Bonchev–Trinajstić information content (AvgIpc) is 2.36. The highest BCUT2D eigenvalue weighted by molar-refractivity contribution is 5.40. The maximum absolute atomic E-state index is 13.5. The van der Waals surface area contributed by atoms with Crippen molar-refractivity contribution in [1.82, 2.24) is 0 Å². The first-order valence-corrected chi connectivity index (χ1v) is 5.21. The Morgan fingerprint density at radius 3 is 2.44 bits per heavy atom. The normalized spacial score (nSPS) is 9.83. The molecule has 0 saturated carbocycles. The van der Waals surface area contributed by atoms with Crippen LogP contribution in [-0.2, 0) is 0 Å². The topological polar surface area (TPSA) is 9.23 Å². The smallest absolute Gasteiger partial charge is 0.165 e. The van der Waals surface area contributed by atoms with Crippen molar-refractivity contribution >= 4 is 0 Å². The minimum Gasteiger partial charge on any atom is -0.454 e. The van der Waals surface area contributed by atoms with Crippen molar-refractivity contribution in [3.8, 4) is 23.8 Å². The molecule has 0 aromatic heterocycles. The van der Waals surface area contributed by atoms with Crippen molar-refractivity contribution in [2.45, 2.75) is 0 Å². The van der Waals surface area contributed by atoms with Gasteiger partial charge in [0.05, 0.1) is 6.42 Å². The highest BCUT2D eigenvalue weighted by Gasteiger charge is 2.06. The van der Waals surface area contributed by atoms with Crippen LogP contribution in [0.25, 0.3) is 0 Å². The molecule has 0 aliphatic carbocycles. The summed E-state index contributed by atoms with van der Waals surface area (Å²) < 4.78 is 31.5. The van der Waals surface area contributed by atoms with E-state index in [1.807, 2.05) is 0 Å². The highest BCUT2D eigenvalue weighted by atomic mass is 19.1. The number of hydrogen-bond acceptors (Lipinski definition) is 1. The molecule has 0 aliphatic heterocycles. The summed E-state index contributed by atoms with van der Waals surface area (Å²) in [4.78, 5) is 0. The van der Waals surface area contributed by atoms with Gasteiger partial charge in [0.2, 0.25) is 0 Å². The van der Waals surface area contributed by atoms with Gasteiger partial charge >= 0.3 is 0 Å². The fourth-order valence-electron chi connectivity index (χ4n) is 1.41. The van der Waals surface area contributed by atoms with E-state index in [1.54, 1.807) is 6.07 Å². The first-order chi connectivity index (χ1) is 8.69. The Labute approximate surface area is 104 Å². The number of benzene rings is 2. The maximum Gasteiger partial charge on any atom is 0.165 e. The minimum absolute atomic E-state index is 0.0469. The van der Waals surface area contributed by atoms with Gasteiger partial charge in [0.1, 0.15) is 11.6 Å². The molecule has 2 aromatic carbocycles. The van der Waals surface area contributed by atoms with E-state index in [0.717, 1.165) is 0 Å². The van der Waals surface area contributed by atoms with Crippen LogP contribution in [-0.4, -0.2) is 0 Å².